The average Bonchev–Trinajstić information content (AvgIpc) is 2.26. The van der Waals surface area contributed by atoms with Crippen LogP contribution in [0.15, 0.2) is 18.2 Å². The quantitative estimate of drug-likeness (QED) is 0.819. The van der Waals surface area contributed by atoms with Crippen molar-refractivity contribution in [3.63, 3.8) is 0 Å². The maximum atomic E-state index is 12.0. The molecule has 0 saturated heterocycles. The minimum absolute atomic E-state index is 0.204. The van der Waals surface area contributed by atoms with E-state index in [2.05, 4.69) is 10.3 Å². The number of rotatable bonds is 4. The molecule has 1 aromatic heterocycles. The van der Waals surface area contributed by atoms with Gasteiger partial charge in [0.2, 0.25) is 0 Å². The standard InChI is InChI=1S/C12H19N3O2/c1-12(2,17)8-15(4)11(16)9-6-5-7-10(13-3)14-9/h5-7,17H,8H2,1-4H3,(H,13,14). The molecule has 0 fully saturated rings. The number of carbonyl (C=O) groups excluding carboxylic acids is 1. The van der Waals surface area contributed by atoms with E-state index in [0.29, 0.717) is 11.5 Å². The maximum absolute atomic E-state index is 12.0. The van der Waals surface area contributed by atoms with Gasteiger partial charge in [0.25, 0.3) is 5.91 Å². The van der Waals surface area contributed by atoms with E-state index in [4.69, 9.17) is 0 Å². The Balaban J connectivity index is 2.81. The Labute approximate surface area is 101 Å². The lowest BCUT2D eigenvalue weighted by molar-refractivity contribution is 0.0365. The second-order valence-corrected chi connectivity index (χ2v) is 4.63. The number of nitrogens with zero attached hydrogens (tertiary/aromatic N) is 2. The summed E-state index contributed by atoms with van der Waals surface area (Å²) < 4.78 is 0. The number of likely N-dealkylation sites (N-methyl/N-ethyl adjacent to an activating group) is 1. The molecule has 0 aliphatic heterocycles. The number of anilines is 1. The van der Waals surface area contributed by atoms with Crippen LogP contribution in [-0.2, 0) is 0 Å². The highest BCUT2D eigenvalue weighted by Gasteiger charge is 2.21. The molecule has 0 aromatic carbocycles. The zero-order chi connectivity index (χ0) is 13.1. The Morgan fingerprint density at radius 2 is 2.18 bits per heavy atom. The van der Waals surface area contributed by atoms with Gasteiger partial charge in [0.1, 0.15) is 11.5 Å². The molecule has 1 heterocycles. The minimum atomic E-state index is -0.912. The molecule has 0 bridgehead atoms. The van der Waals surface area contributed by atoms with Crippen LogP contribution in [0.25, 0.3) is 0 Å². The summed E-state index contributed by atoms with van der Waals surface area (Å²) in [7, 11) is 3.39. The van der Waals surface area contributed by atoms with Crippen molar-refractivity contribution < 1.29 is 9.90 Å². The molecule has 0 spiro atoms. The normalized spacial score (nSPS) is 11.1. The van der Waals surface area contributed by atoms with Crippen LogP contribution < -0.4 is 5.32 Å². The first-order valence-corrected chi connectivity index (χ1v) is 5.46. The number of pyridine rings is 1. The number of hydrogen-bond acceptors (Lipinski definition) is 4. The van der Waals surface area contributed by atoms with E-state index in [1.807, 2.05) is 0 Å². The van der Waals surface area contributed by atoms with E-state index >= 15 is 0 Å². The first-order chi connectivity index (χ1) is 7.83. The number of nitrogens with one attached hydrogen (secondary N) is 1. The molecular formula is C12H19N3O2. The molecule has 0 unspecified atom stereocenters. The molecule has 5 heteroatoms. The van der Waals surface area contributed by atoms with Gasteiger partial charge in [-0.1, -0.05) is 6.07 Å². The van der Waals surface area contributed by atoms with Crippen molar-refractivity contribution >= 4 is 11.7 Å². The number of amides is 1. The molecule has 94 valence electrons. The maximum Gasteiger partial charge on any atom is 0.272 e. The topological polar surface area (TPSA) is 65.5 Å². The monoisotopic (exact) mass is 237 g/mol. The van der Waals surface area contributed by atoms with Gasteiger partial charge in [-0.05, 0) is 26.0 Å². The molecule has 1 aromatic rings. The van der Waals surface area contributed by atoms with E-state index < -0.39 is 5.60 Å². The number of aromatic nitrogens is 1. The van der Waals surface area contributed by atoms with Crippen LogP contribution >= 0.6 is 0 Å². The first kappa shape index (κ1) is 13.4. The van der Waals surface area contributed by atoms with Crippen LogP contribution in [0.1, 0.15) is 24.3 Å². The zero-order valence-electron chi connectivity index (χ0n) is 10.7. The van der Waals surface area contributed by atoms with Gasteiger partial charge in [-0.25, -0.2) is 4.98 Å². The SMILES string of the molecule is CNc1cccc(C(=O)N(C)CC(C)(C)O)n1. The van der Waals surface area contributed by atoms with Gasteiger partial charge in [-0.2, -0.15) is 0 Å². The summed E-state index contributed by atoms with van der Waals surface area (Å²) in [6, 6.07) is 5.21. The highest BCUT2D eigenvalue weighted by molar-refractivity contribution is 5.92. The van der Waals surface area contributed by atoms with Gasteiger partial charge < -0.3 is 15.3 Å². The van der Waals surface area contributed by atoms with Crippen molar-refractivity contribution in [2.75, 3.05) is 26.0 Å². The van der Waals surface area contributed by atoms with Crippen LogP contribution in [-0.4, -0.2) is 47.1 Å². The second-order valence-electron chi connectivity index (χ2n) is 4.63. The summed E-state index contributed by atoms with van der Waals surface area (Å²) in [6.45, 7) is 3.58. The number of aliphatic hydroxyl groups is 1. The van der Waals surface area contributed by atoms with Gasteiger partial charge in [0.05, 0.1) is 5.60 Å². The zero-order valence-corrected chi connectivity index (χ0v) is 10.7. The van der Waals surface area contributed by atoms with E-state index in [0.717, 1.165) is 0 Å². The molecule has 5 nitrogen and oxygen atoms in total. The van der Waals surface area contributed by atoms with Crippen LogP contribution in [0.5, 0.6) is 0 Å². The fourth-order valence-corrected chi connectivity index (χ4v) is 1.54. The third kappa shape index (κ3) is 4.03. The molecule has 17 heavy (non-hydrogen) atoms. The molecule has 1 rings (SSSR count). The van der Waals surface area contributed by atoms with E-state index in [1.165, 1.54) is 4.90 Å². The predicted octanol–water partition coefficient (Wildman–Crippen LogP) is 0.966. The smallest absolute Gasteiger partial charge is 0.272 e. The second kappa shape index (κ2) is 5.14. The largest absolute Gasteiger partial charge is 0.389 e. The summed E-state index contributed by atoms with van der Waals surface area (Å²) in [4.78, 5) is 17.6. The van der Waals surface area contributed by atoms with Crippen LogP contribution in [0.3, 0.4) is 0 Å². The Morgan fingerprint density at radius 1 is 1.53 bits per heavy atom. The lowest BCUT2D eigenvalue weighted by Crippen LogP contribution is -2.40. The van der Waals surface area contributed by atoms with E-state index in [1.54, 1.807) is 46.1 Å². The molecule has 0 saturated carbocycles. The molecule has 0 aliphatic rings. The molecule has 2 N–H and O–H groups in total. The van der Waals surface area contributed by atoms with Gasteiger partial charge in [-0.15, -0.1) is 0 Å². The predicted molar refractivity (Wildman–Crippen MR) is 67.0 cm³/mol. The fraction of sp³-hybridized carbons (Fsp3) is 0.500. The van der Waals surface area contributed by atoms with Gasteiger partial charge in [0, 0.05) is 20.6 Å². The Bertz CT molecular complexity index is 399. The van der Waals surface area contributed by atoms with Crippen molar-refractivity contribution in [2.45, 2.75) is 19.4 Å². The number of hydrogen-bond donors (Lipinski definition) is 2. The Hall–Kier alpha value is -1.62. The first-order valence-electron chi connectivity index (χ1n) is 5.46. The molecule has 0 aliphatic carbocycles. The van der Waals surface area contributed by atoms with Gasteiger partial charge in [0.15, 0.2) is 0 Å². The average molecular weight is 237 g/mol. The van der Waals surface area contributed by atoms with E-state index in [9.17, 15) is 9.90 Å². The summed E-state index contributed by atoms with van der Waals surface area (Å²) in [5.74, 6) is 0.441. The van der Waals surface area contributed by atoms with Crippen molar-refractivity contribution in [2.24, 2.45) is 0 Å². The molecule has 1 amide bonds. The van der Waals surface area contributed by atoms with E-state index in [-0.39, 0.29) is 12.5 Å². The van der Waals surface area contributed by atoms with Crippen LogP contribution in [0.2, 0.25) is 0 Å². The van der Waals surface area contributed by atoms with Crippen molar-refractivity contribution in [3.8, 4) is 0 Å². The highest BCUT2D eigenvalue weighted by Crippen LogP contribution is 2.09. The molecule has 0 radical (unpaired) electrons. The summed E-state index contributed by atoms with van der Waals surface area (Å²) in [5, 5.41) is 12.5. The van der Waals surface area contributed by atoms with Crippen LogP contribution in [0.4, 0.5) is 5.82 Å². The lowest BCUT2D eigenvalue weighted by atomic mass is 10.1. The summed E-state index contributed by atoms with van der Waals surface area (Å²) in [6.07, 6.45) is 0. The summed E-state index contributed by atoms with van der Waals surface area (Å²) >= 11 is 0. The fourth-order valence-electron chi connectivity index (χ4n) is 1.54. The van der Waals surface area contributed by atoms with Crippen molar-refractivity contribution in [1.29, 1.82) is 0 Å². The third-order valence-corrected chi connectivity index (χ3v) is 2.20. The van der Waals surface area contributed by atoms with Crippen molar-refractivity contribution in [1.82, 2.24) is 9.88 Å². The Kier molecular flexibility index (Phi) is 4.07. The van der Waals surface area contributed by atoms with Crippen LogP contribution in [0, 0.1) is 0 Å². The lowest BCUT2D eigenvalue weighted by Gasteiger charge is -2.25. The number of carbonyl (C=O) groups is 1. The van der Waals surface area contributed by atoms with Gasteiger partial charge >= 0.3 is 0 Å². The van der Waals surface area contributed by atoms with Crippen molar-refractivity contribution in [3.05, 3.63) is 23.9 Å². The summed E-state index contributed by atoms with van der Waals surface area (Å²) in [5.41, 5.74) is -0.547. The minimum Gasteiger partial charge on any atom is -0.389 e. The third-order valence-electron chi connectivity index (χ3n) is 2.20. The molecule has 0 atom stereocenters. The molecular weight excluding hydrogens is 218 g/mol. The Morgan fingerprint density at radius 3 is 2.71 bits per heavy atom. The van der Waals surface area contributed by atoms with Gasteiger partial charge in [-0.3, -0.25) is 4.79 Å². The highest BCUT2D eigenvalue weighted by atomic mass is 16.3.